The lowest BCUT2D eigenvalue weighted by Gasteiger charge is -2.36. The average molecular weight is 279 g/mol. The molecule has 1 saturated heterocycles. The van der Waals surface area contributed by atoms with Crippen LogP contribution in [0.25, 0.3) is 0 Å². The van der Waals surface area contributed by atoms with Crippen molar-refractivity contribution < 1.29 is 5.11 Å². The second-order valence-electron chi connectivity index (χ2n) is 5.15. The molecule has 0 unspecified atom stereocenters. The lowest BCUT2D eigenvalue weighted by molar-refractivity contribution is 0.188. The third kappa shape index (κ3) is 3.37. The number of nitrogens with one attached hydrogen (secondary N) is 1. The molecule has 1 aliphatic rings. The summed E-state index contributed by atoms with van der Waals surface area (Å²) in [5.74, 6) is 2.78. The van der Waals surface area contributed by atoms with Gasteiger partial charge in [0.2, 0.25) is 0 Å². The van der Waals surface area contributed by atoms with Crippen molar-refractivity contribution in [1.82, 2.24) is 14.9 Å². The molecule has 2 N–H and O–H groups in total. The Kier molecular flexibility index (Phi) is 5.14. The van der Waals surface area contributed by atoms with Gasteiger partial charge in [-0.05, 0) is 20.8 Å². The molecule has 112 valence electrons. The summed E-state index contributed by atoms with van der Waals surface area (Å²) in [6, 6.07) is 0. The minimum atomic E-state index is 0.232. The van der Waals surface area contributed by atoms with E-state index in [4.69, 9.17) is 5.11 Å². The number of aliphatic hydroxyl groups excluding tert-OH is 1. The highest BCUT2D eigenvalue weighted by Gasteiger charge is 2.20. The topological polar surface area (TPSA) is 64.5 Å². The second kappa shape index (κ2) is 6.85. The van der Waals surface area contributed by atoms with E-state index in [-0.39, 0.29) is 6.61 Å². The smallest absolute Gasteiger partial charge is 0.137 e. The Morgan fingerprint density at radius 1 is 1.15 bits per heavy atom. The lowest BCUT2D eigenvalue weighted by Crippen LogP contribution is -2.47. The summed E-state index contributed by atoms with van der Waals surface area (Å²) >= 11 is 0. The summed E-state index contributed by atoms with van der Waals surface area (Å²) in [5.41, 5.74) is 1.12. The van der Waals surface area contributed by atoms with Crippen LogP contribution in [0, 0.1) is 13.8 Å². The fraction of sp³-hybridized carbons (Fsp3) is 0.714. The van der Waals surface area contributed by atoms with E-state index in [9.17, 15) is 0 Å². The van der Waals surface area contributed by atoms with Gasteiger partial charge in [0.25, 0.3) is 0 Å². The second-order valence-corrected chi connectivity index (χ2v) is 5.15. The molecule has 0 spiro atoms. The molecule has 0 atom stereocenters. The van der Waals surface area contributed by atoms with Gasteiger partial charge < -0.3 is 15.3 Å². The number of β-amino-alcohol motifs (C(OH)–C–C–N with tert-alkyl or cyclic N) is 1. The summed E-state index contributed by atoms with van der Waals surface area (Å²) in [4.78, 5) is 13.7. The van der Waals surface area contributed by atoms with Crippen LogP contribution in [-0.4, -0.2) is 65.8 Å². The Morgan fingerprint density at radius 2 is 1.85 bits per heavy atom. The molecule has 1 aromatic rings. The van der Waals surface area contributed by atoms with Crippen molar-refractivity contribution in [2.45, 2.75) is 20.8 Å². The molecule has 0 radical (unpaired) electrons. The number of aliphatic hydroxyl groups is 1. The molecular weight excluding hydrogens is 254 g/mol. The molecule has 2 heterocycles. The van der Waals surface area contributed by atoms with Gasteiger partial charge in [0, 0.05) is 44.8 Å². The van der Waals surface area contributed by atoms with Gasteiger partial charge >= 0.3 is 0 Å². The molecule has 20 heavy (non-hydrogen) atoms. The standard InChI is InChI=1S/C14H25N5O/c1-4-15-13-11(2)14(17-12(3)16-13)19-7-5-18(6-8-19)9-10-20/h20H,4-10H2,1-3H3,(H,15,16,17). The van der Waals surface area contributed by atoms with E-state index in [1.54, 1.807) is 0 Å². The number of aryl methyl sites for hydroxylation is 1. The number of hydrogen-bond acceptors (Lipinski definition) is 6. The number of aromatic nitrogens is 2. The van der Waals surface area contributed by atoms with Crippen LogP contribution >= 0.6 is 0 Å². The molecule has 1 aromatic heterocycles. The van der Waals surface area contributed by atoms with Crippen LogP contribution in [0.3, 0.4) is 0 Å². The first kappa shape index (κ1) is 15.0. The molecule has 0 bridgehead atoms. The minimum Gasteiger partial charge on any atom is -0.395 e. The number of hydrogen-bond donors (Lipinski definition) is 2. The quantitative estimate of drug-likeness (QED) is 0.824. The first-order chi connectivity index (χ1) is 9.65. The maximum atomic E-state index is 8.99. The monoisotopic (exact) mass is 279 g/mol. The number of piperazine rings is 1. The first-order valence-corrected chi connectivity index (χ1v) is 7.33. The molecule has 0 saturated carbocycles. The molecule has 0 amide bonds. The van der Waals surface area contributed by atoms with Crippen molar-refractivity contribution in [3.63, 3.8) is 0 Å². The van der Waals surface area contributed by atoms with Gasteiger partial charge in [-0.3, -0.25) is 4.90 Å². The van der Waals surface area contributed by atoms with E-state index < -0.39 is 0 Å². The predicted octanol–water partition coefficient (Wildman–Crippen LogP) is 0.640. The van der Waals surface area contributed by atoms with Crippen molar-refractivity contribution >= 4 is 11.6 Å². The van der Waals surface area contributed by atoms with E-state index in [0.29, 0.717) is 0 Å². The van der Waals surface area contributed by atoms with Crippen LogP contribution < -0.4 is 10.2 Å². The van der Waals surface area contributed by atoms with Crippen LogP contribution in [0.4, 0.5) is 11.6 Å². The highest BCUT2D eigenvalue weighted by molar-refractivity contribution is 5.58. The largest absolute Gasteiger partial charge is 0.395 e. The van der Waals surface area contributed by atoms with Crippen LogP contribution in [-0.2, 0) is 0 Å². The van der Waals surface area contributed by atoms with Crippen molar-refractivity contribution in [3.8, 4) is 0 Å². The highest BCUT2D eigenvalue weighted by atomic mass is 16.3. The van der Waals surface area contributed by atoms with E-state index in [1.807, 2.05) is 6.92 Å². The number of rotatable bonds is 5. The zero-order chi connectivity index (χ0) is 14.5. The predicted molar refractivity (Wildman–Crippen MR) is 81.4 cm³/mol. The average Bonchev–Trinajstić information content (AvgIpc) is 2.44. The Morgan fingerprint density at radius 3 is 2.45 bits per heavy atom. The van der Waals surface area contributed by atoms with Crippen LogP contribution in [0.2, 0.25) is 0 Å². The molecular formula is C14H25N5O. The van der Waals surface area contributed by atoms with Gasteiger partial charge in [0.15, 0.2) is 0 Å². The number of nitrogens with zero attached hydrogens (tertiary/aromatic N) is 4. The van der Waals surface area contributed by atoms with Gasteiger partial charge in [0.1, 0.15) is 17.5 Å². The first-order valence-electron chi connectivity index (χ1n) is 7.33. The van der Waals surface area contributed by atoms with Crippen molar-refractivity contribution in [2.75, 3.05) is 56.1 Å². The molecule has 0 aliphatic carbocycles. The van der Waals surface area contributed by atoms with Gasteiger partial charge in [-0.15, -0.1) is 0 Å². The van der Waals surface area contributed by atoms with E-state index in [2.05, 4.69) is 38.9 Å². The Hall–Kier alpha value is -1.40. The van der Waals surface area contributed by atoms with Crippen LogP contribution in [0.15, 0.2) is 0 Å². The molecule has 1 fully saturated rings. The van der Waals surface area contributed by atoms with Gasteiger partial charge in [-0.2, -0.15) is 0 Å². The zero-order valence-corrected chi connectivity index (χ0v) is 12.7. The maximum absolute atomic E-state index is 8.99. The van der Waals surface area contributed by atoms with Gasteiger partial charge in [-0.1, -0.05) is 0 Å². The molecule has 1 aliphatic heterocycles. The normalized spacial score (nSPS) is 16.5. The third-order valence-corrected chi connectivity index (χ3v) is 3.66. The fourth-order valence-electron chi connectivity index (χ4n) is 2.59. The molecule has 6 heteroatoms. The van der Waals surface area contributed by atoms with Crippen LogP contribution in [0.1, 0.15) is 18.3 Å². The Balaban J connectivity index is 2.13. The van der Waals surface area contributed by atoms with Gasteiger partial charge in [0.05, 0.1) is 6.61 Å². The van der Waals surface area contributed by atoms with E-state index >= 15 is 0 Å². The zero-order valence-electron chi connectivity index (χ0n) is 12.7. The minimum absolute atomic E-state index is 0.232. The molecule has 6 nitrogen and oxygen atoms in total. The fourth-order valence-corrected chi connectivity index (χ4v) is 2.59. The maximum Gasteiger partial charge on any atom is 0.137 e. The summed E-state index contributed by atoms with van der Waals surface area (Å²) < 4.78 is 0. The van der Waals surface area contributed by atoms with E-state index in [1.165, 1.54) is 0 Å². The van der Waals surface area contributed by atoms with E-state index in [0.717, 1.165) is 62.3 Å². The van der Waals surface area contributed by atoms with Gasteiger partial charge in [-0.25, -0.2) is 9.97 Å². The lowest BCUT2D eigenvalue weighted by atomic mass is 10.2. The summed E-state index contributed by atoms with van der Waals surface area (Å²) in [7, 11) is 0. The SMILES string of the molecule is CCNc1nc(C)nc(N2CCN(CCO)CC2)c1C. The van der Waals surface area contributed by atoms with Crippen molar-refractivity contribution in [1.29, 1.82) is 0 Å². The van der Waals surface area contributed by atoms with Crippen molar-refractivity contribution in [2.24, 2.45) is 0 Å². The third-order valence-electron chi connectivity index (χ3n) is 3.66. The highest BCUT2D eigenvalue weighted by Crippen LogP contribution is 2.24. The molecule has 2 rings (SSSR count). The summed E-state index contributed by atoms with van der Waals surface area (Å²) in [6.07, 6.45) is 0. The number of anilines is 2. The Labute approximate surface area is 120 Å². The van der Waals surface area contributed by atoms with Crippen molar-refractivity contribution in [3.05, 3.63) is 11.4 Å². The summed E-state index contributed by atoms with van der Waals surface area (Å²) in [6.45, 7) is 11.8. The summed E-state index contributed by atoms with van der Waals surface area (Å²) in [5, 5.41) is 12.3. The van der Waals surface area contributed by atoms with Crippen LogP contribution in [0.5, 0.6) is 0 Å². The molecule has 0 aromatic carbocycles. The Bertz CT molecular complexity index is 443.